The third-order valence-electron chi connectivity index (χ3n) is 3.67. The summed E-state index contributed by atoms with van der Waals surface area (Å²) in [5.74, 6) is 2.11. The molecule has 0 bridgehead atoms. The largest absolute Gasteiger partial charge is 0.493 e. The van der Waals surface area contributed by atoms with Crippen LogP contribution in [0, 0.1) is 0 Å². The summed E-state index contributed by atoms with van der Waals surface area (Å²) in [6.07, 6.45) is 1.00. The molecule has 0 fully saturated rings. The molecule has 0 aromatic heterocycles. The van der Waals surface area contributed by atoms with E-state index in [9.17, 15) is 0 Å². The molecule has 0 saturated heterocycles. The third-order valence-corrected chi connectivity index (χ3v) is 3.67. The minimum absolute atomic E-state index is 0.477. The van der Waals surface area contributed by atoms with Gasteiger partial charge in [0.15, 0.2) is 11.5 Å². The van der Waals surface area contributed by atoms with Crippen molar-refractivity contribution in [1.82, 2.24) is 0 Å². The number of ether oxygens (including phenoxy) is 2. The van der Waals surface area contributed by atoms with E-state index in [4.69, 9.17) is 9.47 Å². The molecule has 0 heterocycles. The summed E-state index contributed by atoms with van der Waals surface area (Å²) in [6, 6.07) is 14.4. The fourth-order valence-corrected chi connectivity index (χ4v) is 2.47. The Kier molecular flexibility index (Phi) is 5.26. The van der Waals surface area contributed by atoms with Gasteiger partial charge >= 0.3 is 0 Å². The van der Waals surface area contributed by atoms with Gasteiger partial charge in [0.2, 0.25) is 0 Å². The summed E-state index contributed by atoms with van der Waals surface area (Å²) < 4.78 is 11.5. The van der Waals surface area contributed by atoms with Gasteiger partial charge in [0.1, 0.15) is 6.61 Å². The Morgan fingerprint density at radius 1 is 1.00 bits per heavy atom. The predicted octanol–water partition coefficient (Wildman–Crippen LogP) is 4.96. The van der Waals surface area contributed by atoms with E-state index in [1.54, 1.807) is 7.11 Å². The lowest BCUT2D eigenvalue weighted by Crippen LogP contribution is -2.02. The molecule has 0 aliphatic heterocycles. The lowest BCUT2D eigenvalue weighted by atomic mass is 9.95. The van der Waals surface area contributed by atoms with Crippen LogP contribution in [0.15, 0.2) is 42.5 Å². The number of aryl methyl sites for hydroxylation is 1. The summed E-state index contributed by atoms with van der Waals surface area (Å²) in [6.45, 7) is 7.15. The zero-order chi connectivity index (χ0) is 15.2. The smallest absolute Gasteiger partial charge is 0.161 e. The number of benzene rings is 2. The summed E-state index contributed by atoms with van der Waals surface area (Å²) in [4.78, 5) is 0. The Hall–Kier alpha value is -1.96. The zero-order valence-electron chi connectivity index (χ0n) is 13.3. The molecule has 0 unspecified atom stereocenters. The van der Waals surface area contributed by atoms with E-state index in [0.717, 1.165) is 23.5 Å². The molecule has 21 heavy (non-hydrogen) atoms. The summed E-state index contributed by atoms with van der Waals surface area (Å²) in [5, 5.41) is 0. The molecule has 0 N–H and O–H groups in total. The van der Waals surface area contributed by atoms with Crippen molar-refractivity contribution in [2.75, 3.05) is 7.11 Å². The maximum Gasteiger partial charge on any atom is 0.161 e. The van der Waals surface area contributed by atoms with E-state index < -0.39 is 0 Å². The van der Waals surface area contributed by atoms with E-state index in [1.165, 1.54) is 11.1 Å². The van der Waals surface area contributed by atoms with Crippen LogP contribution in [0.1, 0.15) is 43.4 Å². The minimum atomic E-state index is 0.477. The van der Waals surface area contributed by atoms with Crippen molar-refractivity contribution in [3.63, 3.8) is 0 Å². The van der Waals surface area contributed by atoms with E-state index in [-0.39, 0.29) is 0 Å². The second kappa shape index (κ2) is 7.16. The Balaban J connectivity index is 2.27. The SMILES string of the molecule is CCc1cc(OC)c(OCc2ccccc2)cc1C(C)C. The second-order valence-electron chi connectivity index (χ2n) is 5.48. The molecule has 0 aliphatic rings. The first-order chi connectivity index (χ1) is 10.2. The van der Waals surface area contributed by atoms with E-state index in [0.29, 0.717) is 12.5 Å². The zero-order valence-corrected chi connectivity index (χ0v) is 13.3. The van der Waals surface area contributed by atoms with Gasteiger partial charge in [-0.1, -0.05) is 51.1 Å². The van der Waals surface area contributed by atoms with E-state index in [1.807, 2.05) is 18.2 Å². The Morgan fingerprint density at radius 3 is 2.29 bits per heavy atom. The van der Waals surface area contributed by atoms with Crippen molar-refractivity contribution in [3.05, 3.63) is 59.2 Å². The number of hydrogen-bond donors (Lipinski definition) is 0. The highest BCUT2D eigenvalue weighted by molar-refractivity contribution is 5.48. The van der Waals surface area contributed by atoms with Crippen LogP contribution in [0.3, 0.4) is 0 Å². The van der Waals surface area contributed by atoms with Gasteiger partial charge in [0.25, 0.3) is 0 Å². The highest BCUT2D eigenvalue weighted by Gasteiger charge is 2.13. The van der Waals surface area contributed by atoms with Crippen LogP contribution in [-0.4, -0.2) is 7.11 Å². The van der Waals surface area contributed by atoms with Crippen molar-refractivity contribution in [2.45, 2.75) is 39.7 Å². The van der Waals surface area contributed by atoms with Crippen LogP contribution < -0.4 is 9.47 Å². The van der Waals surface area contributed by atoms with Crippen LogP contribution in [0.25, 0.3) is 0 Å². The number of rotatable bonds is 6. The predicted molar refractivity (Wildman–Crippen MR) is 87.2 cm³/mol. The molecule has 2 aromatic carbocycles. The molecule has 0 aliphatic carbocycles. The molecule has 2 aromatic rings. The average molecular weight is 284 g/mol. The maximum atomic E-state index is 5.98. The molecule has 0 spiro atoms. The molecule has 0 amide bonds. The van der Waals surface area contributed by atoms with Crippen LogP contribution in [0.2, 0.25) is 0 Å². The highest BCUT2D eigenvalue weighted by atomic mass is 16.5. The molecule has 112 valence electrons. The Morgan fingerprint density at radius 2 is 1.71 bits per heavy atom. The molecular formula is C19H24O2. The van der Waals surface area contributed by atoms with Crippen molar-refractivity contribution < 1.29 is 9.47 Å². The normalized spacial score (nSPS) is 10.7. The van der Waals surface area contributed by atoms with E-state index in [2.05, 4.69) is 45.0 Å². The van der Waals surface area contributed by atoms with Crippen molar-refractivity contribution in [3.8, 4) is 11.5 Å². The van der Waals surface area contributed by atoms with Gasteiger partial charge in [-0.15, -0.1) is 0 Å². The quantitative estimate of drug-likeness (QED) is 0.746. The second-order valence-corrected chi connectivity index (χ2v) is 5.48. The number of methoxy groups -OCH3 is 1. The standard InChI is InChI=1S/C19H24O2/c1-5-16-11-18(20-4)19(12-17(16)14(2)3)21-13-15-9-7-6-8-10-15/h6-12,14H,5,13H2,1-4H3. The summed E-state index contributed by atoms with van der Waals surface area (Å²) >= 11 is 0. The summed E-state index contributed by atoms with van der Waals surface area (Å²) in [5.41, 5.74) is 3.82. The highest BCUT2D eigenvalue weighted by Crippen LogP contribution is 2.34. The van der Waals surface area contributed by atoms with Gasteiger partial charge in [-0.3, -0.25) is 0 Å². The van der Waals surface area contributed by atoms with Crippen molar-refractivity contribution in [2.24, 2.45) is 0 Å². The molecule has 0 saturated carbocycles. The van der Waals surface area contributed by atoms with Gasteiger partial charge in [-0.05, 0) is 41.2 Å². The Bertz CT molecular complexity index is 574. The summed E-state index contributed by atoms with van der Waals surface area (Å²) in [7, 11) is 1.69. The van der Waals surface area contributed by atoms with Gasteiger partial charge in [-0.2, -0.15) is 0 Å². The van der Waals surface area contributed by atoms with Gasteiger partial charge in [0.05, 0.1) is 7.11 Å². The fraction of sp³-hybridized carbons (Fsp3) is 0.368. The van der Waals surface area contributed by atoms with Gasteiger partial charge in [-0.25, -0.2) is 0 Å². The topological polar surface area (TPSA) is 18.5 Å². The molecular weight excluding hydrogens is 260 g/mol. The lowest BCUT2D eigenvalue weighted by molar-refractivity contribution is 0.284. The van der Waals surface area contributed by atoms with Crippen LogP contribution in [-0.2, 0) is 13.0 Å². The number of hydrogen-bond acceptors (Lipinski definition) is 2. The van der Waals surface area contributed by atoms with E-state index >= 15 is 0 Å². The Labute approximate surface area is 127 Å². The van der Waals surface area contributed by atoms with Gasteiger partial charge in [0, 0.05) is 0 Å². The maximum absolute atomic E-state index is 5.98. The fourth-order valence-electron chi connectivity index (χ4n) is 2.47. The first-order valence-electron chi connectivity index (χ1n) is 7.53. The first kappa shape index (κ1) is 15.4. The van der Waals surface area contributed by atoms with Crippen LogP contribution in [0.5, 0.6) is 11.5 Å². The van der Waals surface area contributed by atoms with Gasteiger partial charge < -0.3 is 9.47 Å². The molecule has 2 rings (SSSR count). The average Bonchev–Trinajstić information content (AvgIpc) is 2.52. The monoisotopic (exact) mass is 284 g/mol. The molecule has 0 atom stereocenters. The third kappa shape index (κ3) is 3.78. The molecule has 2 nitrogen and oxygen atoms in total. The van der Waals surface area contributed by atoms with Crippen molar-refractivity contribution >= 4 is 0 Å². The van der Waals surface area contributed by atoms with Crippen molar-refractivity contribution in [1.29, 1.82) is 0 Å². The van der Waals surface area contributed by atoms with Crippen LogP contribution >= 0.6 is 0 Å². The lowest BCUT2D eigenvalue weighted by Gasteiger charge is -2.17. The molecule has 2 heteroatoms. The first-order valence-corrected chi connectivity index (χ1v) is 7.53. The minimum Gasteiger partial charge on any atom is -0.493 e. The van der Waals surface area contributed by atoms with Crippen LogP contribution in [0.4, 0.5) is 0 Å². The molecule has 0 radical (unpaired) electrons.